The highest BCUT2D eigenvalue weighted by atomic mass is 16.6. The van der Waals surface area contributed by atoms with E-state index in [0.717, 1.165) is 0 Å². The van der Waals surface area contributed by atoms with Crippen molar-refractivity contribution in [3.63, 3.8) is 0 Å². The predicted octanol–water partition coefficient (Wildman–Crippen LogP) is 0.982. The third kappa shape index (κ3) is 3.05. The van der Waals surface area contributed by atoms with E-state index in [9.17, 15) is 14.9 Å². The van der Waals surface area contributed by atoms with E-state index in [2.05, 4.69) is 20.5 Å². The molecule has 0 radical (unpaired) electrons. The number of methoxy groups -OCH3 is 2. The third-order valence-corrected chi connectivity index (χ3v) is 2.52. The van der Waals surface area contributed by atoms with Crippen LogP contribution in [0, 0.1) is 10.1 Å². The Morgan fingerprint density at radius 1 is 1.38 bits per heavy atom. The highest BCUT2D eigenvalue weighted by molar-refractivity contribution is 6.03. The van der Waals surface area contributed by atoms with Crippen LogP contribution in [0.5, 0.6) is 11.8 Å². The Morgan fingerprint density at radius 2 is 2.14 bits per heavy atom. The summed E-state index contributed by atoms with van der Waals surface area (Å²) in [6.45, 7) is 0. The molecule has 21 heavy (non-hydrogen) atoms. The second kappa shape index (κ2) is 5.86. The van der Waals surface area contributed by atoms with Gasteiger partial charge >= 0.3 is 11.7 Å². The Kier molecular flexibility index (Phi) is 3.97. The van der Waals surface area contributed by atoms with Crippen LogP contribution < -0.4 is 14.8 Å². The summed E-state index contributed by atoms with van der Waals surface area (Å²) < 4.78 is 9.65. The molecule has 0 aliphatic rings. The zero-order valence-corrected chi connectivity index (χ0v) is 11.1. The Morgan fingerprint density at radius 3 is 2.71 bits per heavy atom. The maximum atomic E-state index is 12.0. The molecule has 0 fully saturated rings. The van der Waals surface area contributed by atoms with Gasteiger partial charge in [-0.05, 0) is 6.07 Å². The number of benzene rings is 1. The van der Waals surface area contributed by atoms with Crippen molar-refractivity contribution in [1.29, 1.82) is 0 Å². The molecular weight excluding hydrogens is 282 g/mol. The van der Waals surface area contributed by atoms with Crippen molar-refractivity contribution in [1.82, 2.24) is 15.2 Å². The van der Waals surface area contributed by atoms with Crippen LogP contribution in [-0.4, -0.2) is 40.2 Å². The summed E-state index contributed by atoms with van der Waals surface area (Å²) >= 11 is 0. The first kappa shape index (κ1) is 14.2. The van der Waals surface area contributed by atoms with E-state index < -0.39 is 10.8 Å². The Balaban J connectivity index is 2.21. The zero-order valence-electron chi connectivity index (χ0n) is 11.1. The molecule has 0 saturated carbocycles. The molecule has 1 heterocycles. The number of H-pyrrole nitrogens is 1. The molecule has 0 unspecified atom stereocenters. The predicted molar refractivity (Wildman–Crippen MR) is 70.5 cm³/mol. The lowest BCUT2D eigenvalue weighted by atomic mass is 10.2. The van der Waals surface area contributed by atoms with Gasteiger partial charge in [-0.15, -0.1) is 5.10 Å². The van der Waals surface area contributed by atoms with Gasteiger partial charge in [-0.2, -0.15) is 4.98 Å². The average Bonchev–Trinajstić information content (AvgIpc) is 2.93. The quantitative estimate of drug-likeness (QED) is 0.620. The Labute approximate surface area is 118 Å². The number of carbonyl (C=O) groups is 1. The van der Waals surface area contributed by atoms with Crippen LogP contribution in [0.1, 0.15) is 10.4 Å². The molecule has 2 rings (SSSR count). The van der Waals surface area contributed by atoms with Crippen molar-refractivity contribution < 1.29 is 19.2 Å². The summed E-state index contributed by atoms with van der Waals surface area (Å²) in [6, 6.07) is 3.84. The van der Waals surface area contributed by atoms with Gasteiger partial charge in [0.15, 0.2) is 5.75 Å². The summed E-state index contributed by atoms with van der Waals surface area (Å²) in [7, 11) is 2.67. The number of nitrogens with one attached hydrogen (secondary N) is 2. The molecule has 0 bridgehead atoms. The van der Waals surface area contributed by atoms with E-state index in [0.29, 0.717) is 0 Å². The summed E-state index contributed by atoms with van der Waals surface area (Å²) in [5.74, 6) is -0.445. The van der Waals surface area contributed by atoms with Crippen LogP contribution in [0.15, 0.2) is 18.2 Å². The van der Waals surface area contributed by atoms with E-state index in [1.165, 1.54) is 32.4 Å². The fourth-order valence-electron chi connectivity index (χ4n) is 1.54. The lowest BCUT2D eigenvalue weighted by molar-refractivity contribution is -0.385. The maximum Gasteiger partial charge on any atom is 0.336 e. The number of amides is 1. The first-order valence-corrected chi connectivity index (χ1v) is 5.65. The number of anilines is 1. The molecule has 2 aromatic rings. The summed E-state index contributed by atoms with van der Waals surface area (Å²) in [6.07, 6.45) is 0. The summed E-state index contributed by atoms with van der Waals surface area (Å²) in [5, 5.41) is 19.3. The number of rotatable bonds is 5. The first-order valence-electron chi connectivity index (χ1n) is 5.65. The largest absolute Gasteiger partial charge is 0.490 e. The van der Waals surface area contributed by atoms with E-state index in [1.54, 1.807) is 0 Å². The summed E-state index contributed by atoms with van der Waals surface area (Å²) in [5.41, 5.74) is -0.0526. The Bertz CT molecular complexity index is 683. The minimum absolute atomic E-state index is 0.0113. The van der Waals surface area contributed by atoms with Crippen molar-refractivity contribution >= 4 is 17.5 Å². The fourth-order valence-corrected chi connectivity index (χ4v) is 1.54. The standard InChI is InChI=1S/C11H11N5O5/c1-20-8-5-6(3-4-7(8)16(18)19)9(17)12-10-13-11(21-2)15-14-10/h3-5H,1-2H3,(H2,12,13,14,15,17). The van der Waals surface area contributed by atoms with Crippen LogP contribution in [0.2, 0.25) is 0 Å². The van der Waals surface area contributed by atoms with Crippen LogP contribution in [0.3, 0.4) is 0 Å². The number of hydrogen-bond acceptors (Lipinski definition) is 7. The molecule has 1 aromatic heterocycles. The van der Waals surface area contributed by atoms with Gasteiger partial charge in [0.05, 0.1) is 19.1 Å². The number of nitro groups is 1. The molecular formula is C11H11N5O5. The average molecular weight is 293 g/mol. The van der Waals surface area contributed by atoms with Crippen molar-refractivity contribution in [3.05, 3.63) is 33.9 Å². The van der Waals surface area contributed by atoms with Crippen LogP contribution in [0.4, 0.5) is 11.6 Å². The molecule has 1 amide bonds. The number of carbonyl (C=O) groups excluding carboxylic acids is 1. The monoisotopic (exact) mass is 293 g/mol. The molecule has 10 heteroatoms. The number of hydrogen-bond donors (Lipinski definition) is 2. The van der Waals surface area contributed by atoms with E-state index in [1.807, 2.05) is 0 Å². The van der Waals surface area contributed by atoms with Gasteiger partial charge in [0.25, 0.3) is 5.91 Å². The van der Waals surface area contributed by atoms with Crippen LogP contribution >= 0.6 is 0 Å². The molecule has 1 aromatic carbocycles. The van der Waals surface area contributed by atoms with Gasteiger partial charge in [0.1, 0.15) is 0 Å². The lowest BCUT2D eigenvalue weighted by Crippen LogP contribution is -2.13. The molecule has 0 aliphatic carbocycles. The Hall–Kier alpha value is -3.17. The number of aromatic nitrogens is 3. The maximum absolute atomic E-state index is 12.0. The highest BCUT2D eigenvalue weighted by Gasteiger charge is 2.18. The van der Waals surface area contributed by atoms with E-state index in [4.69, 9.17) is 9.47 Å². The SMILES string of the molecule is COc1n[nH]c(NC(=O)c2ccc([N+](=O)[O-])c(OC)c2)n1. The van der Waals surface area contributed by atoms with E-state index in [-0.39, 0.29) is 29.0 Å². The molecule has 0 aliphatic heterocycles. The normalized spacial score (nSPS) is 10.0. The third-order valence-electron chi connectivity index (χ3n) is 2.52. The van der Waals surface area contributed by atoms with Crippen LogP contribution in [0.25, 0.3) is 0 Å². The molecule has 0 spiro atoms. The van der Waals surface area contributed by atoms with Crippen molar-refractivity contribution in [2.45, 2.75) is 0 Å². The van der Waals surface area contributed by atoms with Gasteiger partial charge in [0, 0.05) is 17.7 Å². The number of nitrogens with zero attached hydrogens (tertiary/aromatic N) is 3. The summed E-state index contributed by atoms with van der Waals surface area (Å²) in [4.78, 5) is 26.0. The van der Waals surface area contributed by atoms with Gasteiger partial charge in [0.2, 0.25) is 5.95 Å². The first-order chi connectivity index (χ1) is 10.0. The van der Waals surface area contributed by atoms with Crippen molar-refractivity contribution in [2.75, 3.05) is 19.5 Å². The molecule has 2 N–H and O–H groups in total. The number of ether oxygens (including phenoxy) is 2. The van der Waals surface area contributed by atoms with Crippen molar-refractivity contribution in [3.8, 4) is 11.8 Å². The van der Waals surface area contributed by atoms with Gasteiger partial charge in [-0.3, -0.25) is 20.2 Å². The van der Waals surface area contributed by atoms with Gasteiger partial charge in [-0.1, -0.05) is 0 Å². The van der Waals surface area contributed by atoms with Gasteiger partial charge in [-0.25, -0.2) is 5.10 Å². The minimum atomic E-state index is -0.595. The number of nitro benzene ring substituents is 1. The zero-order chi connectivity index (χ0) is 15.4. The molecule has 0 saturated heterocycles. The molecule has 10 nitrogen and oxygen atoms in total. The van der Waals surface area contributed by atoms with Crippen molar-refractivity contribution in [2.24, 2.45) is 0 Å². The van der Waals surface area contributed by atoms with Crippen LogP contribution in [-0.2, 0) is 0 Å². The topological polar surface area (TPSA) is 132 Å². The van der Waals surface area contributed by atoms with E-state index >= 15 is 0 Å². The highest BCUT2D eigenvalue weighted by Crippen LogP contribution is 2.27. The second-order valence-corrected chi connectivity index (χ2v) is 3.77. The van der Waals surface area contributed by atoms with Gasteiger partial charge < -0.3 is 9.47 Å². The fraction of sp³-hybridized carbons (Fsp3) is 0.182. The molecule has 110 valence electrons. The molecule has 0 atom stereocenters. The minimum Gasteiger partial charge on any atom is -0.490 e. The second-order valence-electron chi connectivity index (χ2n) is 3.77. The lowest BCUT2D eigenvalue weighted by Gasteiger charge is -2.05. The number of aromatic amines is 1. The smallest absolute Gasteiger partial charge is 0.336 e.